The molecule has 2 fully saturated rings. The molecule has 2 saturated heterocycles. The van der Waals surface area contributed by atoms with Crippen LogP contribution in [0.3, 0.4) is 0 Å². The van der Waals surface area contributed by atoms with Crippen LogP contribution in [0.15, 0.2) is 0 Å². The molecule has 116 valence electrons. The third-order valence-corrected chi connectivity index (χ3v) is 4.67. The molecule has 0 saturated carbocycles. The lowest BCUT2D eigenvalue weighted by Crippen LogP contribution is -2.44. The number of carbonyl (C=O) groups excluding carboxylic acids is 1. The minimum atomic E-state index is 0.260. The van der Waals surface area contributed by atoms with Gasteiger partial charge in [-0.3, -0.25) is 4.90 Å². The summed E-state index contributed by atoms with van der Waals surface area (Å²) in [7, 11) is 0. The van der Waals surface area contributed by atoms with Crippen LogP contribution in [0, 0.1) is 0 Å². The molecule has 2 rings (SSSR count). The summed E-state index contributed by atoms with van der Waals surface area (Å²) in [5, 5.41) is 0. The van der Waals surface area contributed by atoms with Crippen LogP contribution in [0.2, 0.25) is 0 Å². The maximum atomic E-state index is 12.4. The van der Waals surface area contributed by atoms with Crippen molar-refractivity contribution in [3.63, 3.8) is 0 Å². The number of likely N-dealkylation sites (tertiary alicyclic amines) is 1. The lowest BCUT2D eigenvalue weighted by Gasteiger charge is -2.30. The van der Waals surface area contributed by atoms with Crippen molar-refractivity contribution in [1.82, 2.24) is 14.7 Å². The monoisotopic (exact) mass is 282 g/mol. The topological polar surface area (TPSA) is 52.8 Å². The number of amides is 2. The Balaban J connectivity index is 1.86. The van der Waals surface area contributed by atoms with Crippen molar-refractivity contribution in [3.05, 3.63) is 0 Å². The number of nitrogens with zero attached hydrogens (tertiary/aromatic N) is 3. The quantitative estimate of drug-likeness (QED) is 0.846. The standard InChI is InChI=1S/C15H30N4O/c1-2-14(6-7-16)17-10-5-11-19(13-12-17)15(20)18-8-3-4-9-18/h14H,2-13,16H2,1H3. The maximum absolute atomic E-state index is 12.4. The zero-order valence-corrected chi connectivity index (χ0v) is 12.9. The fourth-order valence-electron chi connectivity index (χ4n) is 3.44. The summed E-state index contributed by atoms with van der Waals surface area (Å²) < 4.78 is 0. The molecule has 2 aliphatic rings. The summed E-state index contributed by atoms with van der Waals surface area (Å²) in [5.41, 5.74) is 5.71. The van der Waals surface area contributed by atoms with E-state index in [0.717, 1.165) is 65.1 Å². The van der Waals surface area contributed by atoms with E-state index >= 15 is 0 Å². The van der Waals surface area contributed by atoms with Crippen LogP contribution < -0.4 is 5.73 Å². The fourth-order valence-corrected chi connectivity index (χ4v) is 3.44. The second kappa shape index (κ2) is 7.84. The first-order chi connectivity index (χ1) is 9.76. The summed E-state index contributed by atoms with van der Waals surface area (Å²) in [4.78, 5) is 19.0. The SMILES string of the molecule is CCC(CCN)N1CCCN(C(=O)N2CCCC2)CC1. The summed E-state index contributed by atoms with van der Waals surface area (Å²) in [6, 6.07) is 0.845. The van der Waals surface area contributed by atoms with Gasteiger partial charge in [0.2, 0.25) is 0 Å². The molecule has 2 N–H and O–H groups in total. The summed E-state index contributed by atoms with van der Waals surface area (Å²) in [5.74, 6) is 0. The van der Waals surface area contributed by atoms with Gasteiger partial charge in [-0.2, -0.15) is 0 Å². The highest BCUT2D eigenvalue weighted by molar-refractivity contribution is 5.74. The van der Waals surface area contributed by atoms with Gasteiger partial charge in [-0.1, -0.05) is 6.92 Å². The van der Waals surface area contributed by atoms with E-state index in [-0.39, 0.29) is 6.03 Å². The van der Waals surface area contributed by atoms with E-state index in [0.29, 0.717) is 6.04 Å². The first-order valence-electron chi connectivity index (χ1n) is 8.24. The van der Waals surface area contributed by atoms with E-state index < -0.39 is 0 Å². The number of rotatable bonds is 4. The van der Waals surface area contributed by atoms with Crippen molar-refractivity contribution >= 4 is 6.03 Å². The van der Waals surface area contributed by atoms with Crippen molar-refractivity contribution in [2.45, 2.75) is 45.1 Å². The number of carbonyl (C=O) groups is 1. The molecule has 1 atom stereocenters. The van der Waals surface area contributed by atoms with Crippen LogP contribution in [-0.2, 0) is 0 Å². The van der Waals surface area contributed by atoms with Gasteiger partial charge in [0.25, 0.3) is 0 Å². The van der Waals surface area contributed by atoms with E-state index in [1.165, 1.54) is 12.8 Å². The third-order valence-electron chi connectivity index (χ3n) is 4.67. The van der Waals surface area contributed by atoms with Crippen LogP contribution in [0.1, 0.15) is 39.0 Å². The Morgan fingerprint density at radius 3 is 2.30 bits per heavy atom. The van der Waals surface area contributed by atoms with Crippen molar-refractivity contribution in [3.8, 4) is 0 Å². The molecular weight excluding hydrogens is 252 g/mol. The zero-order chi connectivity index (χ0) is 14.4. The molecule has 5 nitrogen and oxygen atoms in total. The Labute approximate surface area is 123 Å². The molecule has 0 aromatic rings. The third kappa shape index (κ3) is 3.85. The Bertz CT molecular complexity index is 304. The van der Waals surface area contributed by atoms with Crippen LogP contribution in [-0.4, -0.2) is 72.6 Å². The number of hydrogen-bond acceptors (Lipinski definition) is 3. The number of hydrogen-bond donors (Lipinski definition) is 1. The molecule has 0 radical (unpaired) electrons. The van der Waals surface area contributed by atoms with Gasteiger partial charge in [0.1, 0.15) is 0 Å². The van der Waals surface area contributed by atoms with E-state index in [2.05, 4.69) is 16.7 Å². The van der Waals surface area contributed by atoms with Gasteiger partial charge in [0.15, 0.2) is 0 Å². The minimum Gasteiger partial charge on any atom is -0.330 e. The molecule has 2 aliphatic heterocycles. The first kappa shape index (κ1) is 15.6. The molecule has 2 heterocycles. The van der Waals surface area contributed by atoms with Crippen LogP contribution in [0.5, 0.6) is 0 Å². The smallest absolute Gasteiger partial charge is 0.320 e. The fraction of sp³-hybridized carbons (Fsp3) is 0.933. The van der Waals surface area contributed by atoms with Crippen LogP contribution in [0.4, 0.5) is 4.79 Å². The molecule has 0 aromatic carbocycles. The largest absolute Gasteiger partial charge is 0.330 e. The van der Waals surface area contributed by atoms with Gasteiger partial charge in [0, 0.05) is 45.3 Å². The van der Waals surface area contributed by atoms with Crippen molar-refractivity contribution < 1.29 is 4.79 Å². The molecule has 0 aliphatic carbocycles. The van der Waals surface area contributed by atoms with Crippen LogP contribution in [0.25, 0.3) is 0 Å². The summed E-state index contributed by atoms with van der Waals surface area (Å²) >= 11 is 0. The Hall–Kier alpha value is -0.810. The molecular formula is C15H30N4O. The number of urea groups is 1. The molecule has 0 aromatic heterocycles. The van der Waals surface area contributed by atoms with Gasteiger partial charge in [0.05, 0.1) is 0 Å². The van der Waals surface area contributed by atoms with E-state index in [1.54, 1.807) is 0 Å². The molecule has 2 amide bonds. The Morgan fingerprint density at radius 2 is 1.65 bits per heavy atom. The van der Waals surface area contributed by atoms with Gasteiger partial charge >= 0.3 is 6.03 Å². The second-order valence-corrected chi connectivity index (χ2v) is 5.99. The van der Waals surface area contributed by atoms with E-state index in [1.807, 2.05) is 4.90 Å². The maximum Gasteiger partial charge on any atom is 0.320 e. The lowest BCUT2D eigenvalue weighted by molar-refractivity contribution is 0.157. The lowest BCUT2D eigenvalue weighted by atomic mass is 10.1. The van der Waals surface area contributed by atoms with E-state index in [4.69, 9.17) is 5.73 Å². The van der Waals surface area contributed by atoms with Gasteiger partial charge in [-0.05, 0) is 38.6 Å². The molecule has 5 heteroatoms. The molecule has 0 spiro atoms. The minimum absolute atomic E-state index is 0.260. The highest BCUT2D eigenvalue weighted by atomic mass is 16.2. The predicted molar refractivity (Wildman–Crippen MR) is 81.7 cm³/mol. The highest BCUT2D eigenvalue weighted by Crippen LogP contribution is 2.15. The Kier molecular flexibility index (Phi) is 6.10. The summed E-state index contributed by atoms with van der Waals surface area (Å²) in [6.45, 7) is 8.76. The van der Waals surface area contributed by atoms with Crippen molar-refractivity contribution in [2.75, 3.05) is 45.8 Å². The van der Waals surface area contributed by atoms with Crippen molar-refractivity contribution in [2.24, 2.45) is 5.73 Å². The first-order valence-corrected chi connectivity index (χ1v) is 8.24. The second-order valence-electron chi connectivity index (χ2n) is 5.99. The normalized spacial score (nSPS) is 22.9. The van der Waals surface area contributed by atoms with Gasteiger partial charge in [-0.25, -0.2) is 4.79 Å². The highest BCUT2D eigenvalue weighted by Gasteiger charge is 2.27. The molecule has 20 heavy (non-hydrogen) atoms. The zero-order valence-electron chi connectivity index (χ0n) is 12.9. The van der Waals surface area contributed by atoms with Gasteiger partial charge < -0.3 is 15.5 Å². The molecule has 1 unspecified atom stereocenters. The Morgan fingerprint density at radius 1 is 1.00 bits per heavy atom. The number of nitrogens with two attached hydrogens (primary N) is 1. The average molecular weight is 282 g/mol. The van der Waals surface area contributed by atoms with Crippen molar-refractivity contribution in [1.29, 1.82) is 0 Å². The predicted octanol–water partition coefficient (Wildman–Crippen LogP) is 1.34. The van der Waals surface area contributed by atoms with Crippen LogP contribution >= 0.6 is 0 Å². The van der Waals surface area contributed by atoms with E-state index in [9.17, 15) is 4.79 Å². The summed E-state index contributed by atoms with van der Waals surface area (Å²) in [6.07, 6.45) is 5.63. The average Bonchev–Trinajstić information content (AvgIpc) is 2.89. The molecule has 0 bridgehead atoms. The van der Waals surface area contributed by atoms with Gasteiger partial charge in [-0.15, -0.1) is 0 Å².